The largest absolute Gasteiger partial charge is 0.307 e. The topological polar surface area (TPSA) is 34.1 Å². The number of benzene rings is 2. The van der Waals surface area contributed by atoms with E-state index in [1.165, 1.54) is 6.42 Å². The molecule has 0 fully saturated rings. The molecule has 0 amide bonds. The lowest BCUT2D eigenvalue weighted by atomic mass is 10.1. The van der Waals surface area contributed by atoms with E-state index in [1.54, 1.807) is 6.07 Å². The van der Waals surface area contributed by atoms with Gasteiger partial charge in [-0.15, -0.1) is 0 Å². The van der Waals surface area contributed by atoms with Gasteiger partial charge in [-0.2, -0.15) is 0 Å². The minimum absolute atomic E-state index is 0.428. The Bertz CT molecular complexity index is 487. The van der Waals surface area contributed by atoms with E-state index in [4.69, 9.17) is 21.2 Å². The van der Waals surface area contributed by atoms with Crippen LogP contribution in [0.15, 0.2) is 36.4 Å². The van der Waals surface area contributed by atoms with Crippen molar-refractivity contribution in [3.63, 3.8) is 0 Å². The Hall–Kier alpha value is -1.74. The molecular weight excluding hydrogens is 279 g/mol. The number of carbonyl (C=O) groups is 2. The van der Waals surface area contributed by atoms with Gasteiger partial charge < -0.3 is 9.59 Å². The Morgan fingerprint density at radius 1 is 1.05 bits per heavy atom. The van der Waals surface area contributed by atoms with Crippen LogP contribution in [0, 0.1) is 0 Å². The number of hydrogen-bond acceptors (Lipinski definition) is 2. The summed E-state index contributed by atoms with van der Waals surface area (Å²) in [6.45, 7) is 7.82. The summed E-state index contributed by atoms with van der Waals surface area (Å²) in [5.74, 6) is 0. The van der Waals surface area contributed by atoms with Gasteiger partial charge in [-0.05, 0) is 23.1 Å². The summed E-state index contributed by atoms with van der Waals surface area (Å²) < 4.78 is 12.3. The summed E-state index contributed by atoms with van der Waals surface area (Å²) in [5, 5.41) is 2.67. The van der Waals surface area contributed by atoms with Crippen molar-refractivity contribution >= 4 is 36.0 Å². The number of alkyl halides is 1. The molecule has 0 atom stereocenters. The van der Waals surface area contributed by atoms with Crippen LogP contribution in [0.25, 0.3) is 10.8 Å². The second kappa shape index (κ2) is 13.7. The molecule has 0 saturated heterocycles. The second-order valence-electron chi connectivity index (χ2n) is 3.64. The summed E-state index contributed by atoms with van der Waals surface area (Å²) in [7, 11) is 0. The number of carbonyl (C=O) groups excluding carboxylic acids is 2. The van der Waals surface area contributed by atoms with Crippen LogP contribution in [0.4, 0.5) is 4.39 Å². The number of halogens is 2. The van der Waals surface area contributed by atoms with Crippen molar-refractivity contribution < 1.29 is 14.0 Å². The molecule has 110 valence electrons. The third-order valence-corrected chi connectivity index (χ3v) is 2.38. The van der Waals surface area contributed by atoms with Gasteiger partial charge in [-0.3, -0.25) is 0 Å². The van der Waals surface area contributed by atoms with Gasteiger partial charge in [0.1, 0.15) is 20.3 Å². The molecule has 0 heterocycles. The highest BCUT2D eigenvalue weighted by molar-refractivity contribution is 6.35. The third-order valence-electron chi connectivity index (χ3n) is 2.05. The molecule has 2 nitrogen and oxygen atoms in total. The second-order valence-corrected chi connectivity index (χ2v) is 4.04. The van der Waals surface area contributed by atoms with E-state index in [0.29, 0.717) is 10.6 Å². The average molecular weight is 299 g/mol. The van der Waals surface area contributed by atoms with Crippen molar-refractivity contribution in [2.24, 2.45) is 0 Å². The maximum absolute atomic E-state index is 12.3. The standard InChI is InChI=1S/C11H8ClF.C3H8.2CH2O/c12-11-3-1-2-9-6-8(7-13)4-5-10(9)11;1-3-2;2*1-2/h1-6H,7H2;3H2,1-2H3;2*1H2. The lowest BCUT2D eigenvalue weighted by Crippen LogP contribution is -1.79. The highest BCUT2D eigenvalue weighted by Crippen LogP contribution is 2.24. The molecule has 0 aromatic heterocycles. The number of rotatable bonds is 1. The van der Waals surface area contributed by atoms with Crippen molar-refractivity contribution in [3.05, 3.63) is 47.0 Å². The predicted molar refractivity (Wildman–Crippen MR) is 84.0 cm³/mol. The smallest absolute Gasteiger partial charge is 0.115 e. The number of hydrogen-bond donors (Lipinski definition) is 0. The molecule has 0 aliphatic carbocycles. The van der Waals surface area contributed by atoms with E-state index in [2.05, 4.69) is 13.8 Å². The quantitative estimate of drug-likeness (QED) is 0.741. The fraction of sp³-hybridized carbons (Fsp3) is 0.250. The summed E-state index contributed by atoms with van der Waals surface area (Å²) in [5.41, 5.74) is 0.690. The third kappa shape index (κ3) is 7.00. The maximum Gasteiger partial charge on any atom is 0.115 e. The average Bonchev–Trinajstić information content (AvgIpc) is 2.52. The SMILES string of the molecule is C=O.C=O.CCC.FCc1ccc2c(Cl)cccc2c1. The Morgan fingerprint density at radius 2 is 1.60 bits per heavy atom. The molecule has 0 radical (unpaired) electrons. The Balaban J connectivity index is 0. The van der Waals surface area contributed by atoms with Crippen LogP contribution in [-0.2, 0) is 16.3 Å². The zero-order valence-corrected chi connectivity index (χ0v) is 12.6. The monoisotopic (exact) mass is 298 g/mol. The summed E-state index contributed by atoms with van der Waals surface area (Å²) in [4.78, 5) is 16.0. The number of fused-ring (bicyclic) bond motifs is 1. The molecule has 4 heteroatoms. The van der Waals surface area contributed by atoms with E-state index in [0.717, 1.165) is 10.8 Å². The summed E-state index contributed by atoms with van der Waals surface area (Å²) in [6, 6.07) is 11.1. The summed E-state index contributed by atoms with van der Waals surface area (Å²) in [6.07, 6.45) is 1.25. The Kier molecular flexibility index (Phi) is 14.1. The molecule has 0 aliphatic heterocycles. The molecule has 2 aromatic rings. The van der Waals surface area contributed by atoms with Crippen LogP contribution in [0.2, 0.25) is 5.02 Å². The van der Waals surface area contributed by atoms with Crippen LogP contribution in [0.5, 0.6) is 0 Å². The van der Waals surface area contributed by atoms with Gasteiger partial charge in [0.15, 0.2) is 0 Å². The van der Waals surface area contributed by atoms with Crippen molar-refractivity contribution in [1.29, 1.82) is 0 Å². The van der Waals surface area contributed by atoms with Gasteiger partial charge in [0.05, 0.1) is 0 Å². The lowest BCUT2D eigenvalue weighted by molar-refractivity contribution is -0.0987. The minimum atomic E-state index is -0.428. The van der Waals surface area contributed by atoms with Gasteiger partial charge in [-0.1, -0.05) is 56.1 Å². The lowest BCUT2D eigenvalue weighted by Gasteiger charge is -2.01. The first-order valence-corrected chi connectivity index (χ1v) is 6.41. The highest BCUT2D eigenvalue weighted by Gasteiger charge is 1.98. The summed E-state index contributed by atoms with van der Waals surface area (Å²) >= 11 is 5.96. The van der Waals surface area contributed by atoms with Crippen molar-refractivity contribution in [1.82, 2.24) is 0 Å². The first-order valence-electron chi connectivity index (χ1n) is 6.03. The zero-order chi connectivity index (χ0) is 16.0. The Labute approximate surface area is 124 Å². The van der Waals surface area contributed by atoms with E-state index >= 15 is 0 Å². The van der Waals surface area contributed by atoms with Gasteiger partial charge in [0, 0.05) is 10.4 Å². The molecule has 0 saturated carbocycles. The van der Waals surface area contributed by atoms with Gasteiger partial charge in [0.2, 0.25) is 0 Å². The molecule has 0 N–H and O–H groups in total. The van der Waals surface area contributed by atoms with Crippen molar-refractivity contribution in [3.8, 4) is 0 Å². The molecule has 20 heavy (non-hydrogen) atoms. The molecule has 0 unspecified atom stereocenters. The minimum Gasteiger partial charge on any atom is -0.307 e. The molecule has 0 spiro atoms. The Morgan fingerprint density at radius 3 is 2.10 bits per heavy atom. The van der Waals surface area contributed by atoms with E-state index in [1.807, 2.05) is 43.9 Å². The first-order chi connectivity index (χ1) is 9.72. The maximum atomic E-state index is 12.3. The van der Waals surface area contributed by atoms with E-state index in [9.17, 15) is 4.39 Å². The van der Waals surface area contributed by atoms with Gasteiger partial charge >= 0.3 is 0 Å². The van der Waals surface area contributed by atoms with Crippen LogP contribution in [0.1, 0.15) is 25.8 Å². The van der Waals surface area contributed by atoms with Crippen LogP contribution in [0.3, 0.4) is 0 Å². The van der Waals surface area contributed by atoms with Crippen molar-refractivity contribution in [2.45, 2.75) is 26.9 Å². The van der Waals surface area contributed by atoms with E-state index in [-0.39, 0.29) is 0 Å². The van der Waals surface area contributed by atoms with Gasteiger partial charge in [0.25, 0.3) is 0 Å². The first kappa shape index (κ1) is 20.6. The normalized spacial score (nSPS) is 8.20. The van der Waals surface area contributed by atoms with Crippen LogP contribution >= 0.6 is 11.6 Å². The predicted octanol–water partition coefficient (Wildman–Crippen LogP) is 5.01. The fourth-order valence-electron chi connectivity index (χ4n) is 1.38. The zero-order valence-electron chi connectivity index (χ0n) is 11.9. The van der Waals surface area contributed by atoms with E-state index < -0.39 is 6.67 Å². The van der Waals surface area contributed by atoms with Gasteiger partial charge in [-0.25, -0.2) is 4.39 Å². The molecule has 0 bridgehead atoms. The highest BCUT2D eigenvalue weighted by atomic mass is 35.5. The molecular formula is C16H20ClFO2. The van der Waals surface area contributed by atoms with Crippen molar-refractivity contribution in [2.75, 3.05) is 0 Å². The van der Waals surface area contributed by atoms with Crippen LogP contribution in [-0.4, -0.2) is 13.6 Å². The molecule has 2 rings (SSSR count). The fourth-order valence-corrected chi connectivity index (χ4v) is 1.62. The molecule has 2 aromatic carbocycles. The van der Waals surface area contributed by atoms with Crippen LogP contribution < -0.4 is 0 Å². The molecule has 0 aliphatic rings.